The summed E-state index contributed by atoms with van der Waals surface area (Å²) in [7, 11) is 4.06. The van der Waals surface area contributed by atoms with Crippen molar-refractivity contribution in [2.45, 2.75) is 19.4 Å². The molecular formula is C24H29N2O5+. The first kappa shape index (κ1) is 22.4. The second-order valence-corrected chi connectivity index (χ2v) is 7.88. The van der Waals surface area contributed by atoms with Gasteiger partial charge in [-0.3, -0.25) is 9.59 Å². The van der Waals surface area contributed by atoms with Gasteiger partial charge in [0.05, 0.1) is 26.2 Å². The Morgan fingerprint density at radius 3 is 2.52 bits per heavy atom. The van der Waals surface area contributed by atoms with Gasteiger partial charge < -0.3 is 24.1 Å². The molecule has 2 N–H and O–H groups in total. The summed E-state index contributed by atoms with van der Waals surface area (Å²) >= 11 is 0. The molecule has 3 rings (SSSR count). The van der Waals surface area contributed by atoms with Gasteiger partial charge in [0.15, 0.2) is 0 Å². The first-order chi connectivity index (χ1) is 14.8. The minimum atomic E-state index is -0.762. The van der Waals surface area contributed by atoms with E-state index in [4.69, 9.17) is 9.15 Å². The van der Waals surface area contributed by atoms with Crippen molar-refractivity contribution in [3.63, 3.8) is 0 Å². The van der Waals surface area contributed by atoms with Crippen LogP contribution in [0.4, 0.5) is 0 Å². The van der Waals surface area contributed by atoms with E-state index in [0.29, 0.717) is 36.0 Å². The lowest BCUT2D eigenvalue weighted by Crippen LogP contribution is -3.05. The average Bonchev–Trinajstić information content (AvgIpc) is 3.28. The molecule has 1 aromatic heterocycles. The van der Waals surface area contributed by atoms with Crippen LogP contribution in [-0.2, 0) is 9.59 Å². The molecule has 0 saturated carbocycles. The number of nitrogens with one attached hydrogen (secondary N) is 1. The van der Waals surface area contributed by atoms with Crippen LogP contribution in [0.15, 0.2) is 59.0 Å². The van der Waals surface area contributed by atoms with Gasteiger partial charge in [-0.1, -0.05) is 12.7 Å². The Labute approximate surface area is 182 Å². The maximum atomic E-state index is 12.9. The summed E-state index contributed by atoms with van der Waals surface area (Å²) in [5.41, 5.74) is 0.464. The number of ether oxygens (including phenoxy) is 1. The number of aryl methyl sites for hydroxylation is 1. The number of ketones is 1. The largest absolute Gasteiger partial charge is 0.507 e. The van der Waals surface area contributed by atoms with Crippen LogP contribution in [0.2, 0.25) is 0 Å². The Kier molecular flexibility index (Phi) is 6.97. The molecule has 1 atom stereocenters. The van der Waals surface area contributed by atoms with Gasteiger partial charge in [0.1, 0.15) is 35.7 Å². The van der Waals surface area contributed by atoms with Crippen LogP contribution in [0.25, 0.3) is 5.76 Å². The third kappa shape index (κ3) is 4.88. The number of hydrogen-bond acceptors (Lipinski definition) is 5. The number of Topliss-reactive ketones (excluding diaryl/α,β-unsaturated/α-hetero) is 1. The second-order valence-electron chi connectivity index (χ2n) is 7.88. The highest BCUT2D eigenvalue weighted by Gasteiger charge is 2.47. The summed E-state index contributed by atoms with van der Waals surface area (Å²) in [5, 5.41) is 11.0. The smallest absolute Gasteiger partial charge is 0.295 e. The SMILES string of the molecule is C=CCOc1ccc(C(O)=C2C(=O)C(=O)N(CCC[NH+](C)C)[C@@H]2c2ccc(C)o2)cc1. The standard InChI is InChI=1S/C24H28N2O5/c1-5-15-30-18-10-8-17(9-11-18)22(27)20-21(19-12-7-16(2)31-19)26(24(29)23(20)28)14-6-13-25(3)4/h5,7-12,21,27H,1,6,13-15H2,2-4H3/p+1/t21-/m1/s1. The Balaban J connectivity index is 1.99. The number of amides is 1. The zero-order valence-corrected chi connectivity index (χ0v) is 18.2. The van der Waals surface area contributed by atoms with E-state index in [1.165, 1.54) is 9.80 Å². The lowest BCUT2D eigenvalue weighted by molar-refractivity contribution is -0.858. The number of quaternary nitrogens is 1. The second kappa shape index (κ2) is 9.66. The number of likely N-dealkylation sites (tertiary alicyclic amines) is 1. The van der Waals surface area contributed by atoms with Crippen LogP contribution in [0, 0.1) is 6.92 Å². The van der Waals surface area contributed by atoms with E-state index >= 15 is 0 Å². The number of hydrogen-bond donors (Lipinski definition) is 2. The molecule has 0 spiro atoms. The lowest BCUT2D eigenvalue weighted by Gasteiger charge is -2.23. The number of aliphatic hydroxyl groups excluding tert-OH is 1. The third-order valence-corrected chi connectivity index (χ3v) is 5.14. The average molecular weight is 426 g/mol. The molecule has 1 aromatic carbocycles. The quantitative estimate of drug-likeness (QED) is 0.278. The van der Waals surface area contributed by atoms with Crippen molar-refractivity contribution in [2.75, 3.05) is 33.8 Å². The number of nitrogens with zero attached hydrogens (tertiary/aromatic N) is 1. The molecule has 2 aromatic rings. The van der Waals surface area contributed by atoms with Gasteiger partial charge >= 0.3 is 0 Å². The minimum absolute atomic E-state index is 0.0382. The summed E-state index contributed by atoms with van der Waals surface area (Å²) in [6, 6.07) is 9.46. The zero-order valence-electron chi connectivity index (χ0n) is 18.2. The summed E-state index contributed by atoms with van der Waals surface area (Å²) < 4.78 is 11.2. The molecule has 0 bridgehead atoms. The van der Waals surface area contributed by atoms with Gasteiger partial charge in [-0.05, 0) is 43.3 Å². The van der Waals surface area contributed by atoms with E-state index in [2.05, 4.69) is 6.58 Å². The summed E-state index contributed by atoms with van der Waals surface area (Å²) in [4.78, 5) is 28.5. The zero-order chi connectivity index (χ0) is 22.5. The Hall–Kier alpha value is -3.32. The number of carbonyl (C=O) groups excluding carboxylic acids is 2. The predicted octanol–water partition coefficient (Wildman–Crippen LogP) is 2.11. The Morgan fingerprint density at radius 2 is 1.94 bits per heavy atom. The van der Waals surface area contributed by atoms with Crippen LogP contribution in [-0.4, -0.2) is 55.5 Å². The Morgan fingerprint density at radius 1 is 1.23 bits per heavy atom. The van der Waals surface area contributed by atoms with E-state index in [1.807, 2.05) is 14.1 Å². The van der Waals surface area contributed by atoms with Crippen LogP contribution >= 0.6 is 0 Å². The summed E-state index contributed by atoms with van der Waals surface area (Å²) in [6.07, 6.45) is 2.36. The third-order valence-electron chi connectivity index (χ3n) is 5.14. The predicted molar refractivity (Wildman–Crippen MR) is 117 cm³/mol. The molecule has 1 aliphatic heterocycles. The molecule has 0 aliphatic carbocycles. The molecule has 0 radical (unpaired) electrons. The number of rotatable bonds is 9. The van der Waals surface area contributed by atoms with Gasteiger partial charge in [0.2, 0.25) is 0 Å². The van der Waals surface area contributed by atoms with E-state index in [-0.39, 0.29) is 11.3 Å². The molecule has 7 nitrogen and oxygen atoms in total. The van der Waals surface area contributed by atoms with Crippen molar-refractivity contribution in [3.05, 3.63) is 71.7 Å². The van der Waals surface area contributed by atoms with Crippen molar-refractivity contribution < 1.29 is 28.7 Å². The fourth-order valence-corrected chi connectivity index (χ4v) is 3.63. The lowest BCUT2D eigenvalue weighted by atomic mass is 9.99. The van der Waals surface area contributed by atoms with Crippen molar-refractivity contribution in [3.8, 4) is 5.75 Å². The first-order valence-electron chi connectivity index (χ1n) is 10.3. The van der Waals surface area contributed by atoms with Crippen LogP contribution in [0.3, 0.4) is 0 Å². The van der Waals surface area contributed by atoms with E-state index in [1.54, 1.807) is 49.4 Å². The minimum Gasteiger partial charge on any atom is -0.507 e. The van der Waals surface area contributed by atoms with Gasteiger partial charge in [0, 0.05) is 18.5 Å². The number of aliphatic hydroxyl groups is 1. The molecule has 31 heavy (non-hydrogen) atoms. The van der Waals surface area contributed by atoms with Gasteiger partial charge in [-0.25, -0.2) is 0 Å². The fraction of sp³-hybridized carbons (Fsp3) is 0.333. The van der Waals surface area contributed by atoms with Crippen LogP contribution < -0.4 is 9.64 Å². The maximum absolute atomic E-state index is 12.9. The van der Waals surface area contributed by atoms with E-state index in [9.17, 15) is 14.7 Å². The van der Waals surface area contributed by atoms with E-state index in [0.717, 1.165) is 13.0 Å². The van der Waals surface area contributed by atoms with E-state index < -0.39 is 17.7 Å². The van der Waals surface area contributed by atoms with Crippen molar-refractivity contribution in [1.29, 1.82) is 0 Å². The molecule has 0 unspecified atom stereocenters. The fourth-order valence-electron chi connectivity index (χ4n) is 3.63. The molecule has 2 heterocycles. The Bertz CT molecular complexity index is 988. The molecule has 1 amide bonds. The molecule has 1 saturated heterocycles. The van der Waals surface area contributed by atoms with Gasteiger partial charge in [-0.2, -0.15) is 0 Å². The van der Waals surface area contributed by atoms with Crippen LogP contribution in [0.1, 0.15) is 29.5 Å². The maximum Gasteiger partial charge on any atom is 0.295 e. The first-order valence-corrected chi connectivity index (χ1v) is 10.3. The van der Waals surface area contributed by atoms with Crippen molar-refractivity contribution in [2.24, 2.45) is 0 Å². The molecule has 1 fully saturated rings. The molecule has 7 heteroatoms. The molecule has 1 aliphatic rings. The molecular weight excluding hydrogens is 396 g/mol. The number of carbonyl (C=O) groups is 2. The number of furan rings is 1. The molecule has 164 valence electrons. The highest BCUT2D eigenvalue weighted by Crippen LogP contribution is 2.40. The number of benzene rings is 1. The topological polar surface area (TPSA) is 84.4 Å². The highest BCUT2D eigenvalue weighted by molar-refractivity contribution is 6.46. The monoisotopic (exact) mass is 425 g/mol. The van der Waals surface area contributed by atoms with Gasteiger partial charge in [0.25, 0.3) is 11.7 Å². The highest BCUT2D eigenvalue weighted by atomic mass is 16.5. The normalized spacial score (nSPS) is 18.1. The van der Waals surface area contributed by atoms with Crippen molar-refractivity contribution >= 4 is 17.4 Å². The summed E-state index contributed by atoms with van der Waals surface area (Å²) in [5.74, 6) is 0.180. The van der Waals surface area contributed by atoms with Gasteiger partial charge in [-0.15, -0.1) is 0 Å². The summed E-state index contributed by atoms with van der Waals surface area (Å²) in [6.45, 7) is 7.01. The van der Waals surface area contributed by atoms with Crippen LogP contribution in [0.5, 0.6) is 5.75 Å². The van der Waals surface area contributed by atoms with Crippen molar-refractivity contribution in [1.82, 2.24) is 4.90 Å².